The Morgan fingerprint density at radius 3 is 2.75 bits per heavy atom. The number of carbonyl (C=O) groups is 1. The molecule has 0 spiro atoms. The zero-order valence-corrected chi connectivity index (χ0v) is 7.80. The summed E-state index contributed by atoms with van der Waals surface area (Å²) in [4.78, 5) is 10.2. The van der Waals surface area contributed by atoms with Gasteiger partial charge in [0, 0.05) is 6.54 Å². The maximum atomic E-state index is 10.2. The Morgan fingerprint density at radius 1 is 1.58 bits per heavy atom. The van der Waals surface area contributed by atoms with Gasteiger partial charge in [0.15, 0.2) is 0 Å². The second-order valence-electron chi connectivity index (χ2n) is 3.12. The molecule has 4 heteroatoms. The van der Waals surface area contributed by atoms with Gasteiger partial charge >= 0.3 is 0 Å². The Labute approximate surface area is 73.5 Å². The highest BCUT2D eigenvalue weighted by Gasteiger charge is 1.94. The number of carbonyl (C=O) groups excluding carboxylic acids is 1. The summed E-state index contributed by atoms with van der Waals surface area (Å²) in [6.07, 6.45) is 0. The van der Waals surface area contributed by atoms with E-state index < -0.39 is 5.91 Å². The molecule has 0 aliphatic carbocycles. The summed E-state index contributed by atoms with van der Waals surface area (Å²) in [6.45, 7) is 6.57. The SMILES string of the molecule is CC(C)CNCCOCC(N)=O. The smallest absolute Gasteiger partial charge is 0.243 e. The minimum absolute atomic E-state index is 0.0172. The van der Waals surface area contributed by atoms with Crippen LogP contribution in [-0.4, -0.2) is 32.2 Å². The highest BCUT2D eigenvalue weighted by atomic mass is 16.5. The topological polar surface area (TPSA) is 64.3 Å². The zero-order valence-electron chi connectivity index (χ0n) is 7.80. The summed E-state index contributed by atoms with van der Waals surface area (Å²) in [6, 6.07) is 0. The molecular weight excluding hydrogens is 156 g/mol. The molecule has 0 heterocycles. The molecule has 0 fully saturated rings. The quantitative estimate of drug-likeness (QED) is 0.522. The lowest BCUT2D eigenvalue weighted by molar-refractivity contribution is -0.122. The molecule has 0 aliphatic rings. The van der Waals surface area contributed by atoms with E-state index in [-0.39, 0.29) is 6.61 Å². The van der Waals surface area contributed by atoms with E-state index >= 15 is 0 Å². The lowest BCUT2D eigenvalue weighted by Gasteiger charge is -2.06. The third-order valence-corrected chi connectivity index (χ3v) is 1.22. The van der Waals surface area contributed by atoms with Gasteiger partial charge in [-0.05, 0) is 12.5 Å². The van der Waals surface area contributed by atoms with Crippen molar-refractivity contribution in [3.05, 3.63) is 0 Å². The fraction of sp³-hybridized carbons (Fsp3) is 0.875. The molecule has 0 aliphatic heterocycles. The number of nitrogens with two attached hydrogens (primary N) is 1. The number of nitrogens with one attached hydrogen (secondary N) is 1. The van der Waals surface area contributed by atoms with Crippen molar-refractivity contribution in [3.8, 4) is 0 Å². The van der Waals surface area contributed by atoms with Gasteiger partial charge in [-0.3, -0.25) is 4.79 Å². The van der Waals surface area contributed by atoms with Crippen LogP contribution in [0.3, 0.4) is 0 Å². The molecule has 0 atom stereocenters. The predicted molar refractivity (Wildman–Crippen MR) is 47.7 cm³/mol. The average Bonchev–Trinajstić information content (AvgIpc) is 1.95. The van der Waals surface area contributed by atoms with Crippen LogP contribution in [0.2, 0.25) is 0 Å². The lowest BCUT2D eigenvalue weighted by atomic mass is 10.2. The number of primary amides is 1. The van der Waals surface area contributed by atoms with Gasteiger partial charge in [-0.15, -0.1) is 0 Å². The van der Waals surface area contributed by atoms with E-state index in [4.69, 9.17) is 10.5 Å². The molecule has 0 unspecified atom stereocenters. The van der Waals surface area contributed by atoms with E-state index in [2.05, 4.69) is 19.2 Å². The van der Waals surface area contributed by atoms with Crippen LogP contribution in [0, 0.1) is 5.92 Å². The molecule has 0 saturated carbocycles. The summed E-state index contributed by atoms with van der Waals surface area (Å²) in [5.41, 5.74) is 4.87. The molecule has 3 N–H and O–H groups in total. The van der Waals surface area contributed by atoms with Crippen LogP contribution < -0.4 is 11.1 Å². The maximum absolute atomic E-state index is 10.2. The van der Waals surface area contributed by atoms with Gasteiger partial charge in [-0.25, -0.2) is 0 Å². The predicted octanol–water partition coefficient (Wildman–Crippen LogP) is -0.266. The molecule has 4 nitrogen and oxygen atoms in total. The fourth-order valence-electron chi connectivity index (χ4n) is 0.708. The highest BCUT2D eigenvalue weighted by molar-refractivity contribution is 5.74. The Morgan fingerprint density at radius 2 is 2.25 bits per heavy atom. The molecule has 72 valence electrons. The molecule has 0 aromatic heterocycles. The second-order valence-corrected chi connectivity index (χ2v) is 3.12. The van der Waals surface area contributed by atoms with Gasteiger partial charge in [-0.1, -0.05) is 13.8 Å². The molecule has 0 aromatic rings. The van der Waals surface area contributed by atoms with Crippen LogP contribution in [0.1, 0.15) is 13.8 Å². The van der Waals surface area contributed by atoms with Crippen molar-refractivity contribution in [2.75, 3.05) is 26.3 Å². The van der Waals surface area contributed by atoms with E-state index in [0.29, 0.717) is 12.5 Å². The monoisotopic (exact) mass is 174 g/mol. The number of hydrogen-bond donors (Lipinski definition) is 2. The first-order valence-corrected chi connectivity index (χ1v) is 4.19. The standard InChI is InChI=1S/C8H18N2O2/c1-7(2)5-10-3-4-12-6-8(9)11/h7,10H,3-6H2,1-2H3,(H2,9,11). The molecule has 1 amide bonds. The molecule has 0 radical (unpaired) electrons. The Balaban J connectivity index is 2.96. The van der Waals surface area contributed by atoms with Crippen molar-refractivity contribution >= 4 is 5.91 Å². The highest BCUT2D eigenvalue weighted by Crippen LogP contribution is 1.85. The summed E-state index contributed by atoms with van der Waals surface area (Å²) >= 11 is 0. The van der Waals surface area contributed by atoms with Crippen LogP contribution in [0.15, 0.2) is 0 Å². The average molecular weight is 174 g/mol. The molecule has 12 heavy (non-hydrogen) atoms. The number of rotatable bonds is 7. The van der Waals surface area contributed by atoms with Crippen molar-refractivity contribution in [1.82, 2.24) is 5.32 Å². The number of ether oxygens (including phenoxy) is 1. The lowest BCUT2D eigenvalue weighted by Crippen LogP contribution is -2.26. The number of amides is 1. The third kappa shape index (κ3) is 9.39. The summed E-state index contributed by atoms with van der Waals surface area (Å²) < 4.78 is 4.94. The molecular formula is C8H18N2O2. The second kappa shape index (κ2) is 7.06. The van der Waals surface area contributed by atoms with Crippen LogP contribution in [-0.2, 0) is 9.53 Å². The van der Waals surface area contributed by atoms with Crippen molar-refractivity contribution in [2.45, 2.75) is 13.8 Å². The van der Waals surface area contributed by atoms with Gasteiger partial charge < -0.3 is 15.8 Å². The Hall–Kier alpha value is -0.610. The van der Waals surface area contributed by atoms with Crippen molar-refractivity contribution in [3.63, 3.8) is 0 Å². The summed E-state index contributed by atoms with van der Waals surface area (Å²) in [7, 11) is 0. The molecule has 0 aromatic carbocycles. The van der Waals surface area contributed by atoms with Gasteiger partial charge in [-0.2, -0.15) is 0 Å². The van der Waals surface area contributed by atoms with Crippen LogP contribution in [0.5, 0.6) is 0 Å². The van der Waals surface area contributed by atoms with Crippen molar-refractivity contribution in [1.29, 1.82) is 0 Å². The normalized spacial score (nSPS) is 10.6. The largest absolute Gasteiger partial charge is 0.370 e. The van der Waals surface area contributed by atoms with Gasteiger partial charge in [0.25, 0.3) is 0 Å². The van der Waals surface area contributed by atoms with Crippen LogP contribution >= 0.6 is 0 Å². The molecule has 0 bridgehead atoms. The number of hydrogen-bond acceptors (Lipinski definition) is 3. The first-order valence-electron chi connectivity index (χ1n) is 4.19. The van der Waals surface area contributed by atoms with E-state index in [0.717, 1.165) is 13.1 Å². The van der Waals surface area contributed by atoms with Crippen LogP contribution in [0.4, 0.5) is 0 Å². The van der Waals surface area contributed by atoms with E-state index in [9.17, 15) is 4.79 Å². The fourth-order valence-corrected chi connectivity index (χ4v) is 0.708. The van der Waals surface area contributed by atoms with Gasteiger partial charge in [0.2, 0.25) is 5.91 Å². The first kappa shape index (κ1) is 11.4. The zero-order chi connectivity index (χ0) is 9.40. The third-order valence-electron chi connectivity index (χ3n) is 1.22. The van der Waals surface area contributed by atoms with E-state index in [1.807, 2.05) is 0 Å². The van der Waals surface area contributed by atoms with Crippen LogP contribution in [0.25, 0.3) is 0 Å². The van der Waals surface area contributed by atoms with Crippen molar-refractivity contribution in [2.24, 2.45) is 11.7 Å². The summed E-state index contributed by atoms with van der Waals surface area (Å²) in [5.74, 6) is 0.222. The van der Waals surface area contributed by atoms with Gasteiger partial charge in [0.1, 0.15) is 6.61 Å². The molecule has 0 rings (SSSR count). The Bertz CT molecular complexity index is 126. The maximum Gasteiger partial charge on any atom is 0.243 e. The van der Waals surface area contributed by atoms with Gasteiger partial charge in [0.05, 0.1) is 6.61 Å². The summed E-state index contributed by atoms with van der Waals surface area (Å²) in [5, 5.41) is 3.18. The molecule has 0 saturated heterocycles. The first-order chi connectivity index (χ1) is 5.63. The van der Waals surface area contributed by atoms with Crippen molar-refractivity contribution < 1.29 is 9.53 Å². The minimum atomic E-state index is -0.418. The van der Waals surface area contributed by atoms with E-state index in [1.54, 1.807) is 0 Å². The minimum Gasteiger partial charge on any atom is -0.370 e. The Kier molecular flexibility index (Phi) is 6.70. The van der Waals surface area contributed by atoms with E-state index in [1.165, 1.54) is 0 Å².